The molecule has 4 aromatic carbocycles. The van der Waals surface area contributed by atoms with Gasteiger partial charge in [0.2, 0.25) is 0 Å². The predicted octanol–water partition coefficient (Wildman–Crippen LogP) is 5.86. The van der Waals surface area contributed by atoms with E-state index in [9.17, 15) is 14.7 Å². The van der Waals surface area contributed by atoms with E-state index in [2.05, 4.69) is 10.6 Å². The number of amidine groups is 1. The van der Waals surface area contributed by atoms with Gasteiger partial charge in [0, 0.05) is 18.2 Å². The number of aliphatic hydroxyl groups excluding tert-OH is 1. The molecule has 0 aliphatic carbocycles. The number of nitrogens with one attached hydrogen (secondary N) is 3. The van der Waals surface area contributed by atoms with E-state index in [0.717, 1.165) is 27.8 Å². The molecule has 0 aromatic heterocycles. The van der Waals surface area contributed by atoms with E-state index >= 15 is 0 Å². The maximum Gasteiger partial charge on any atom is 0.407 e. The van der Waals surface area contributed by atoms with E-state index < -0.39 is 35.9 Å². The van der Waals surface area contributed by atoms with Crippen LogP contribution < -0.4 is 16.4 Å². The van der Waals surface area contributed by atoms with E-state index in [-0.39, 0.29) is 18.9 Å². The van der Waals surface area contributed by atoms with Gasteiger partial charge in [-0.05, 0) is 72.7 Å². The summed E-state index contributed by atoms with van der Waals surface area (Å²) in [6, 6.07) is 31.5. The average molecular weight is 667 g/mol. The first-order chi connectivity index (χ1) is 23.4. The largest absolute Gasteiger partial charge is 0.469 e. The summed E-state index contributed by atoms with van der Waals surface area (Å²) in [6.45, 7) is 6.20. The number of benzene rings is 4. The number of hydrogen-bond acceptors (Lipinski definition) is 8. The molecule has 3 atom stereocenters. The van der Waals surface area contributed by atoms with Crippen LogP contribution in [0.15, 0.2) is 103 Å². The second-order valence-electron chi connectivity index (χ2n) is 12.8. The van der Waals surface area contributed by atoms with Crippen LogP contribution in [0, 0.1) is 11.3 Å². The van der Waals surface area contributed by atoms with Gasteiger partial charge >= 0.3 is 12.1 Å². The lowest BCUT2D eigenvalue weighted by atomic mass is 9.91. The maximum atomic E-state index is 13.2. The summed E-state index contributed by atoms with van der Waals surface area (Å²) in [6.07, 6.45) is -1.34. The fourth-order valence-electron chi connectivity index (χ4n) is 5.33. The van der Waals surface area contributed by atoms with Crippen LogP contribution in [0.1, 0.15) is 54.8 Å². The molecule has 1 amide bonds. The molecule has 10 heteroatoms. The molecule has 0 fully saturated rings. The molecule has 0 saturated carbocycles. The zero-order chi connectivity index (χ0) is 35.4. The number of ether oxygens (including phenoxy) is 3. The number of nitrogen functional groups attached to an aromatic ring is 1. The lowest BCUT2D eigenvalue weighted by Crippen LogP contribution is -2.46. The number of aliphatic hydroxyl groups is 1. The Morgan fingerprint density at radius 3 is 2.20 bits per heavy atom. The van der Waals surface area contributed by atoms with E-state index in [1.807, 2.05) is 106 Å². The molecule has 4 rings (SSSR count). The van der Waals surface area contributed by atoms with Crippen molar-refractivity contribution in [1.29, 1.82) is 5.41 Å². The number of rotatable bonds is 15. The van der Waals surface area contributed by atoms with Crippen molar-refractivity contribution in [3.05, 3.63) is 131 Å². The standard InChI is InChI=1S/C39H46N4O6/c1-39(2,3)49-38(46)42-23-28-13-9-14-31(21-28)29-16-18-30(19-17-29)36(44)43-34(25-48-24-26-10-6-5-7-11-26)33(37(45)47-4)22-27-12-8-15-32(20-27)35(40)41/h5-21,33-34,36,43-44H,22-25H2,1-4H3,(H3,40,41)(H,42,46). The number of methoxy groups -OCH3 is 1. The molecule has 49 heavy (non-hydrogen) atoms. The molecule has 0 aliphatic rings. The van der Waals surface area contributed by atoms with E-state index in [0.29, 0.717) is 24.3 Å². The molecule has 0 saturated heterocycles. The first kappa shape index (κ1) is 36.8. The lowest BCUT2D eigenvalue weighted by molar-refractivity contribution is -0.147. The molecular weight excluding hydrogens is 620 g/mol. The number of hydrogen-bond donors (Lipinski definition) is 5. The van der Waals surface area contributed by atoms with Gasteiger partial charge in [-0.15, -0.1) is 0 Å². The molecule has 258 valence electrons. The van der Waals surface area contributed by atoms with Crippen LogP contribution >= 0.6 is 0 Å². The molecule has 0 aliphatic heterocycles. The SMILES string of the molecule is COC(=O)C(Cc1cccc(C(=N)N)c1)C(COCc1ccccc1)NC(O)c1ccc(-c2cccc(CNC(=O)OC(C)(C)C)c2)cc1. The molecule has 10 nitrogen and oxygen atoms in total. The van der Waals surface area contributed by atoms with Gasteiger partial charge in [0.05, 0.1) is 26.2 Å². The molecule has 6 N–H and O–H groups in total. The van der Waals surface area contributed by atoms with Crippen molar-refractivity contribution in [2.45, 2.75) is 58.2 Å². The predicted molar refractivity (Wildman–Crippen MR) is 190 cm³/mol. The third-order valence-corrected chi connectivity index (χ3v) is 7.79. The number of amides is 1. The minimum atomic E-state index is -1.13. The number of nitrogens with two attached hydrogens (primary N) is 1. The Morgan fingerprint density at radius 1 is 0.857 bits per heavy atom. The Labute approximate surface area is 288 Å². The van der Waals surface area contributed by atoms with Gasteiger partial charge in [-0.2, -0.15) is 0 Å². The summed E-state index contributed by atoms with van der Waals surface area (Å²) in [5.74, 6) is -1.26. The summed E-state index contributed by atoms with van der Waals surface area (Å²) in [5.41, 5.74) is 10.8. The minimum Gasteiger partial charge on any atom is -0.469 e. The molecule has 0 spiro atoms. The van der Waals surface area contributed by atoms with Gasteiger partial charge in [-0.1, -0.05) is 91.0 Å². The highest BCUT2D eigenvalue weighted by Gasteiger charge is 2.32. The third-order valence-electron chi connectivity index (χ3n) is 7.79. The maximum absolute atomic E-state index is 13.2. The fourth-order valence-corrected chi connectivity index (χ4v) is 5.33. The molecule has 0 heterocycles. The van der Waals surface area contributed by atoms with Crippen molar-refractivity contribution in [2.24, 2.45) is 11.7 Å². The summed E-state index contributed by atoms with van der Waals surface area (Å²) < 4.78 is 16.6. The summed E-state index contributed by atoms with van der Waals surface area (Å²) >= 11 is 0. The van der Waals surface area contributed by atoms with Gasteiger partial charge in [-0.25, -0.2) is 4.79 Å². The third kappa shape index (κ3) is 11.6. The summed E-state index contributed by atoms with van der Waals surface area (Å²) in [4.78, 5) is 25.3. The second kappa shape index (κ2) is 17.4. The van der Waals surface area contributed by atoms with Crippen LogP contribution in [0.25, 0.3) is 11.1 Å². The topological polar surface area (TPSA) is 156 Å². The van der Waals surface area contributed by atoms with Crippen LogP contribution in [-0.4, -0.2) is 48.4 Å². The normalized spacial score (nSPS) is 13.2. The number of alkyl carbamates (subject to hydrolysis) is 1. The van der Waals surface area contributed by atoms with Crippen LogP contribution in [0.5, 0.6) is 0 Å². The fraction of sp³-hybridized carbons (Fsp3) is 0.308. The van der Waals surface area contributed by atoms with Crippen LogP contribution in [0.2, 0.25) is 0 Å². The highest BCUT2D eigenvalue weighted by molar-refractivity contribution is 5.95. The highest BCUT2D eigenvalue weighted by atomic mass is 16.6. The molecule has 3 unspecified atom stereocenters. The van der Waals surface area contributed by atoms with Crippen molar-refractivity contribution in [1.82, 2.24) is 10.6 Å². The first-order valence-electron chi connectivity index (χ1n) is 16.1. The molecular formula is C39H46N4O6. The monoisotopic (exact) mass is 666 g/mol. The summed E-state index contributed by atoms with van der Waals surface area (Å²) in [5, 5.41) is 25.2. The van der Waals surface area contributed by atoms with Gasteiger partial charge in [0.25, 0.3) is 0 Å². The Hall–Kier alpha value is -5.03. The van der Waals surface area contributed by atoms with Crippen LogP contribution in [0.3, 0.4) is 0 Å². The van der Waals surface area contributed by atoms with Crippen molar-refractivity contribution >= 4 is 17.9 Å². The van der Waals surface area contributed by atoms with Gasteiger partial charge in [0.15, 0.2) is 0 Å². The van der Waals surface area contributed by atoms with Crippen LogP contribution in [-0.2, 0) is 38.6 Å². The Bertz CT molecular complexity index is 1690. The highest BCUT2D eigenvalue weighted by Crippen LogP contribution is 2.25. The number of carbonyl (C=O) groups is 2. The van der Waals surface area contributed by atoms with Gasteiger partial charge in [-0.3, -0.25) is 15.5 Å². The second-order valence-corrected chi connectivity index (χ2v) is 12.8. The van der Waals surface area contributed by atoms with E-state index in [1.54, 1.807) is 18.2 Å². The van der Waals surface area contributed by atoms with Gasteiger partial charge in [0.1, 0.15) is 17.7 Å². The zero-order valence-electron chi connectivity index (χ0n) is 28.4. The van der Waals surface area contributed by atoms with E-state index in [4.69, 9.17) is 25.4 Å². The van der Waals surface area contributed by atoms with Gasteiger partial charge < -0.3 is 30.4 Å². The van der Waals surface area contributed by atoms with Crippen molar-refractivity contribution < 1.29 is 28.9 Å². The number of esters is 1. The molecule has 4 aromatic rings. The smallest absolute Gasteiger partial charge is 0.407 e. The average Bonchev–Trinajstić information content (AvgIpc) is 3.09. The summed E-state index contributed by atoms with van der Waals surface area (Å²) in [7, 11) is 1.33. The Balaban J connectivity index is 1.50. The quantitative estimate of drug-likeness (QED) is 0.0457. The lowest BCUT2D eigenvalue weighted by Gasteiger charge is -2.29. The van der Waals surface area contributed by atoms with Crippen molar-refractivity contribution in [3.63, 3.8) is 0 Å². The molecule has 0 radical (unpaired) electrons. The van der Waals surface area contributed by atoms with Crippen molar-refractivity contribution in [3.8, 4) is 11.1 Å². The number of carbonyl (C=O) groups excluding carboxylic acids is 2. The Kier molecular flexibility index (Phi) is 13.1. The minimum absolute atomic E-state index is 0.0691. The van der Waals surface area contributed by atoms with Crippen molar-refractivity contribution in [2.75, 3.05) is 13.7 Å². The molecule has 0 bridgehead atoms. The Morgan fingerprint density at radius 2 is 1.53 bits per heavy atom. The van der Waals surface area contributed by atoms with E-state index in [1.165, 1.54) is 7.11 Å². The zero-order valence-corrected chi connectivity index (χ0v) is 28.4. The first-order valence-corrected chi connectivity index (χ1v) is 16.1. The van der Waals surface area contributed by atoms with Crippen LogP contribution in [0.4, 0.5) is 4.79 Å².